The molecule has 34 heavy (non-hydrogen) atoms. The first-order valence-corrected chi connectivity index (χ1v) is 11.6. The number of anilines is 1. The molecule has 3 rings (SSSR count). The van der Waals surface area contributed by atoms with Crippen LogP contribution in [-0.4, -0.2) is 19.1 Å². The number of nitriles is 1. The fourth-order valence-corrected chi connectivity index (χ4v) is 3.51. The molecule has 1 N–H and O–H groups in total. The second-order valence-corrected chi connectivity index (χ2v) is 7.96. The van der Waals surface area contributed by atoms with E-state index in [2.05, 4.69) is 21.2 Å². The standard InChI is InChI=1S/C27H25BrN2O4/c1-3-32-25-15-20(24(28)16-26(25)33-4-2)14-21(17-29)27(31)30-22-10-12-23(13-11-22)34-18-19-8-6-5-7-9-19/h5-16H,3-4,18H2,1-2H3,(H,30,31)/b21-14+. The molecule has 0 fully saturated rings. The molecule has 0 bridgehead atoms. The zero-order chi connectivity index (χ0) is 24.3. The summed E-state index contributed by atoms with van der Waals surface area (Å²) in [5.41, 5.74) is 2.20. The Kier molecular flexibility index (Phi) is 9.12. The van der Waals surface area contributed by atoms with Crippen LogP contribution in [0, 0.1) is 11.3 Å². The van der Waals surface area contributed by atoms with Crippen molar-refractivity contribution >= 4 is 33.6 Å². The van der Waals surface area contributed by atoms with Crippen molar-refractivity contribution in [1.29, 1.82) is 5.26 Å². The average molecular weight is 521 g/mol. The molecule has 0 saturated heterocycles. The van der Waals surface area contributed by atoms with E-state index in [0.717, 1.165) is 5.56 Å². The molecule has 1 amide bonds. The van der Waals surface area contributed by atoms with Crippen LogP contribution >= 0.6 is 15.9 Å². The maximum Gasteiger partial charge on any atom is 0.266 e. The highest BCUT2D eigenvalue weighted by molar-refractivity contribution is 9.10. The topological polar surface area (TPSA) is 80.6 Å². The first kappa shape index (κ1) is 24.9. The fraction of sp³-hybridized carbons (Fsp3) is 0.185. The lowest BCUT2D eigenvalue weighted by Gasteiger charge is -2.13. The molecule has 0 saturated carbocycles. The molecule has 0 aliphatic carbocycles. The van der Waals surface area contributed by atoms with Crippen molar-refractivity contribution in [3.8, 4) is 23.3 Å². The molecule has 3 aromatic carbocycles. The van der Waals surface area contributed by atoms with Crippen molar-refractivity contribution < 1.29 is 19.0 Å². The largest absolute Gasteiger partial charge is 0.490 e. The lowest BCUT2D eigenvalue weighted by molar-refractivity contribution is -0.112. The van der Waals surface area contributed by atoms with Gasteiger partial charge in [-0.25, -0.2) is 0 Å². The molecule has 0 aromatic heterocycles. The van der Waals surface area contributed by atoms with Crippen molar-refractivity contribution in [3.05, 3.63) is 87.9 Å². The van der Waals surface area contributed by atoms with Crippen LogP contribution in [0.2, 0.25) is 0 Å². The van der Waals surface area contributed by atoms with Gasteiger partial charge in [0, 0.05) is 10.2 Å². The zero-order valence-electron chi connectivity index (χ0n) is 19.0. The van der Waals surface area contributed by atoms with E-state index in [1.54, 1.807) is 36.4 Å². The van der Waals surface area contributed by atoms with Crippen LogP contribution in [0.5, 0.6) is 17.2 Å². The minimum atomic E-state index is -0.515. The van der Waals surface area contributed by atoms with Gasteiger partial charge in [-0.2, -0.15) is 5.26 Å². The van der Waals surface area contributed by atoms with E-state index in [0.29, 0.717) is 52.8 Å². The number of halogens is 1. The second-order valence-electron chi connectivity index (χ2n) is 7.11. The number of nitrogens with one attached hydrogen (secondary N) is 1. The summed E-state index contributed by atoms with van der Waals surface area (Å²) in [7, 11) is 0. The van der Waals surface area contributed by atoms with E-state index in [1.165, 1.54) is 6.08 Å². The Bertz CT molecular complexity index is 1190. The van der Waals surface area contributed by atoms with Crippen molar-refractivity contribution in [2.45, 2.75) is 20.5 Å². The van der Waals surface area contributed by atoms with Gasteiger partial charge in [-0.3, -0.25) is 4.79 Å². The monoisotopic (exact) mass is 520 g/mol. The van der Waals surface area contributed by atoms with Gasteiger partial charge < -0.3 is 19.5 Å². The van der Waals surface area contributed by atoms with Crippen LogP contribution in [-0.2, 0) is 11.4 Å². The Morgan fingerprint density at radius 2 is 1.62 bits per heavy atom. The summed E-state index contributed by atoms with van der Waals surface area (Å²) in [5, 5.41) is 12.3. The van der Waals surface area contributed by atoms with Crippen LogP contribution in [0.1, 0.15) is 25.0 Å². The maximum absolute atomic E-state index is 12.7. The number of hydrogen-bond acceptors (Lipinski definition) is 5. The van der Waals surface area contributed by atoms with Gasteiger partial charge in [0.05, 0.1) is 13.2 Å². The summed E-state index contributed by atoms with van der Waals surface area (Å²) < 4.78 is 17.7. The third-order valence-electron chi connectivity index (χ3n) is 4.69. The molecule has 0 aliphatic heterocycles. The number of carbonyl (C=O) groups excluding carboxylic acids is 1. The van der Waals surface area contributed by atoms with Gasteiger partial charge in [0.1, 0.15) is 24.0 Å². The van der Waals surface area contributed by atoms with Gasteiger partial charge in [0.2, 0.25) is 0 Å². The highest BCUT2D eigenvalue weighted by Crippen LogP contribution is 2.35. The summed E-state index contributed by atoms with van der Waals surface area (Å²) >= 11 is 3.48. The number of rotatable bonds is 10. The molecule has 0 unspecified atom stereocenters. The van der Waals surface area contributed by atoms with Gasteiger partial charge in [0.15, 0.2) is 11.5 Å². The van der Waals surface area contributed by atoms with E-state index in [-0.39, 0.29) is 5.57 Å². The number of benzene rings is 3. The Balaban J connectivity index is 1.70. The summed E-state index contributed by atoms with van der Waals surface area (Å²) in [5.74, 6) is 1.30. The molecule has 174 valence electrons. The second kappa shape index (κ2) is 12.5. The van der Waals surface area contributed by atoms with E-state index in [4.69, 9.17) is 14.2 Å². The normalized spacial score (nSPS) is 10.8. The highest BCUT2D eigenvalue weighted by atomic mass is 79.9. The summed E-state index contributed by atoms with van der Waals surface area (Å²) in [6.07, 6.45) is 1.51. The van der Waals surface area contributed by atoms with Gasteiger partial charge in [0.25, 0.3) is 5.91 Å². The third kappa shape index (κ3) is 6.87. The Morgan fingerprint density at radius 3 is 2.24 bits per heavy atom. The fourth-order valence-electron chi connectivity index (χ4n) is 3.08. The van der Waals surface area contributed by atoms with Gasteiger partial charge >= 0.3 is 0 Å². The quantitative estimate of drug-likeness (QED) is 0.248. The van der Waals surface area contributed by atoms with Crippen molar-refractivity contribution in [3.63, 3.8) is 0 Å². The Morgan fingerprint density at radius 1 is 0.971 bits per heavy atom. The average Bonchev–Trinajstić information content (AvgIpc) is 2.85. The van der Waals surface area contributed by atoms with Gasteiger partial charge in [-0.1, -0.05) is 46.3 Å². The molecular formula is C27H25BrN2O4. The molecule has 0 heterocycles. The lowest BCUT2D eigenvalue weighted by atomic mass is 10.1. The van der Waals surface area contributed by atoms with Crippen LogP contribution < -0.4 is 19.5 Å². The first-order chi connectivity index (χ1) is 16.5. The van der Waals surface area contributed by atoms with Gasteiger partial charge in [-0.05, 0) is 67.4 Å². The van der Waals surface area contributed by atoms with E-state index >= 15 is 0 Å². The number of nitrogens with zero attached hydrogens (tertiary/aromatic N) is 1. The molecule has 0 aliphatic rings. The van der Waals surface area contributed by atoms with Crippen molar-refractivity contribution in [2.24, 2.45) is 0 Å². The highest BCUT2D eigenvalue weighted by Gasteiger charge is 2.14. The predicted octanol–water partition coefficient (Wildman–Crippen LogP) is 6.37. The van der Waals surface area contributed by atoms with Gasteiger partial charge in [-0.15, -0.1) is 0 Å². The number of amides is 1. The van der Waals surface area contributed by atoms with Crippen LogP contribution in [0.15, 0.2) is 76.8 Å². The molecule has 0 spiro atoms. The molecule has 0 atom stereocenters. The third-order valence-corrected chi connectivity index (χ3v) is 5.37. The summed E-state index contributed by atoms with van der Waals surface area (Å²) in [6.45, 7) is 5.16. The van der Waals surface area contributed by atoms with Crippen LogP contribution in [0.4, 0.5) is 5.69 Å². The Labute approximate surface area is 207 Å². The summed E-state index contributed by atoms with van der Waals surface area (Å²) in [6, 6.07) is 22.3. The first-order valence-electron chi connectivity index (χ1n) is 10.8. The smallest absolute Gasteiger partial charge is 0.266 e. The molecule has 6 nitrogen and oxygen atoms in total. The maximum atomic E-state index is 12.7. The SMILES string of the molecule is CCOc1cc(Br)c(/C=C(\C#N)C(=O)Nc2ccc(OCc3ccccc3)cc2)cc1OCC. The van der Waals surface area contributed by atoms with Crippen molar-refractivity contribution in [2.75, 3.05) is 18.5 Å². The predicted molar refractivity (Wildman–Crippen MR) is 136 cm³/mol. The van der Waals surface area contributed by atoms with Crippen molar-refractivity contribution in [1.82, 2.24) is 0 Å². The lowest BCUT2D eigenvalue weighted by Crippen LogP contribution is -2.13. The molecule has 3 aromatic rings. The number of carbonyl (C=O) groups is 1. The van der Waals surface area contributed by atoms with E-state index in [1.807, 2.05) is 50.2 Å². The van der Waals surface area contributed by atoms with Crippen LogP contribution in [0.25, 0.3) is 6.08 Å². The molecular weight excluding hydrogens is 496 g/mol. The molecule has 7 heteroatoms. The number of hydrogen-bond donors (Lipinski definition) is 1. The minimum Gasteiger partial charge on any atom is -0.490 e. The Hall–Kier alpha value is -3.76. The number of ether oxygens (including phenoxy) is 3. The van der Waals surface area contributed by atoms with Crippen LogP contribution in [0.3, 0.4) is 0 Å². The molecule has 0 radical (unpaired) electrons. The zero-order valence-corrected chi connectivity index (χ0v) is 20.6. The summed E-state index contributed by atoms with van der Waals surface area (Å²) in [4.78, 5) is 12.7. The minimum absolute atomic E-state index is 0.0447. The van der Waals surface area contributed by atoms with E-state index in [9.17, 15) is 10.1 Å². The van der Waals surface area contributed by atoms with E-state index < -0.39 is 5.91 Å².